The molecule has 1 amide bonds. The lowest BCUT2D eigenvalue weighted by molar-refractivity contribution is 0.0981. The van der Waals surface area contributed by atoms with Crippen LogP contribution in [0.3, 0.4) is 0 Å². The molecule has 1 saturated carbocycles. The van der Waals surface area contributed by atoms with E-state index in [1.165, 1.54) is 18.9 Å². The molecular formula is C30H38N6O4S. The zero-order valence-corrected chi connectivity index (χ0v) is 24.8. The Morgan fingerprint density at radius 1 is 1.07 bits per heavy atom. The zero-order valence-electron chi connectivity index (χ0n) is 24.0. The molecule has 1 aliphatic carbocycles. The maximum atomic E-state index is 13.6. The average molecular weight is 579 g/mol. The van der Waals surface area contributed by atoms with E-state index in [1.807, 2.05) is 12.1 Å². The van der Waals surface area contributed by atoms with Gasteiger partial charge in [-0.15, -0.1) is 5.10 Å². The Hall–Kier alpha value is -3.47. The number of aryl methyl sites for hydroxylation is 1. The van der Waals surface area contributed by atoms with Crippen molar-refractivity contribution in [2.45, 2.75) is 82.7 Å². The van der Waals surface area contributed by atoms with Crippen molar-refractivity contribution in [2.75, 3.05) is 18.1 Å². The molecule has 1 saturated heterocycles. The Morgan fingerprint density at radius 2 is 1.90 bits per heavy atom. The van der Waals surface area contributed by atoms with Crippen molar-refractivity contribution in [3.63, 3.8) is 0 Å². The highest BCUT2D eigenvalue weighted by Crippen LogP contribution is 2.48. The van der Waals surface area contributed by atoms with Crippen LogP contribution in [0.2, 0.25) is 0 Å². The Morgan fingerprint density at radius 3 is 2.71 bits per heavy atom. The molecule has 2 fully saturated rings. The highest BCUT2D eigenvalue weighted by molar-refractivity contribution is 7.90. The van der Waals surface area contributed by atoms with E-state index in [9.17, 15) is 13.2 Å². The number of pyridine rings is 2. The van der Waals surface area contributed by atoms with E-state index in [0.29, 0.717) is 47.6 Å². The van der Waals surface area contributed by atoms with E-state index in [0.717, 1.165) is 38.6 Å². The molecule has 3 aliphatic rings. The molecule has 0 radical (unpaired) electrons. The van der Waals surface area contributed by atoms with Crippen molar-refractivity contribution in [1.29, 1.82) is 0 Å². The van der Waals surface area contributed by atoms with Gasteiger partial charge in [0.05, 0.1) is 12.2 Å². The van der Waals surface area contributed by atoms with E-state index in [-0.39, 0.29) is 16.1 Å². The van der Waals surface area contributed by atoms with Crippen LogP contribution in [-0.4, -0.2) is 52.8 Å². The van der Waals surface area contributed by atoms with Gasteiger partial charge in [-0.25, -0.2) is 19.4 Å². The van der Waals surface area contributed by atoms with E-state index >= 15 is 0 Å². The molecule has 1 unspecified atom stereocenters. The normalized spacial score (nSPS) is 22.7. The van der Waals surface area contributed by atoms with Crippen LogP contribution in [0.4, 0.5) is 5.82 Å². The first kappa shape index (κ1) is 27.7. The smallest absolute Gasteiger partial charge is 0.281 e. The summed E-state index contributed by atoms with van der Waals surface area (Å²) >= 11 is 0. The van der Waals surface area contributed by atoms with Crippen molar-refractivity contribution in [3.8, 4) is 11.7 Å². The molecule has 5 heterocycles. The second-order valence-corrected chi connectivity index (χ2v) is 14.3. The van der Waals surface area contributed by atoms with Gasteiger partial charge in [0.25, 0.3) is 15.9 Å². The van der Waals surface area contributed by atoms with Crippen LogP contribution in [0.15, 0.2) is 47.6 Å². The molecule has 2 aliphatic heterocycles. The lowest BCUT2D eigenvalue weighted by Crippen LogP contribution is -2.41. The third-order valence-electron chi connectivity index (χ3n) is 8.76. The summed E-state index contributed by atoms with van der Waals surface area (Å²) in [6.45, 7) is 7.92. The minimum absolute atomic E-state index is 0.161. The first-order valence-corrected chi connectivity index (χ1v) is 16.0. The number of anilines is 1. The molecule has 10 nitrogen and oxygen atoms in total. The van der Waals surface area contributed by atoms with Crippen molar-refractivity contribution in [3.05, 3.63) is 53.9 Å². The molecular weight excluding hydrogens is 540 g/mol. The van der Waals surface area contributed by atoms with Crippen LogP contribution in [0.25, 0.3) is 5.82 Å². The highest BCUT2D eigenvalue weighted by atomic mass is 32.2. The minimum Gasteiger partial charge on any atom is -0.477 e. The molecule has 11 heteroatoms. The van der Waals surface area contributed by atoms with Gasteiger partial charge < -0.3 is 9.64 Å². The Bertz CT molecular complexity index is 1560. The van der Waals surface area contributed by atoms with Gasteiger partial charge in [-0.1, -0.05) is 19.4 Å². The van der Waals surface area contributed by atoms with Crippen molar-refractivity contribution in [2.24, 2.45) is 11.3 Å². The van der Waals surface area contributed by atoms with Gasteiger partial charge in [0, 0.05) is 30.0 Å². The second-order valence-electron chi connectivity index (χ2n) is 12.7. The van der Waals surface area contributed by atoms with E-state index in [2.05, 4.69) is 40.5 Å². The number of carbonyl (C=O) groups is 1. The molecule has 1 atom stereocenters. The van der Waals surface area contributed by atoms with Crippen LogP contribution in [0, 0.1) is 11.3 Å². The van der Waals surface area contributed by atoms with E-state index in [1.54, 1.807) is 29.1 Å². The maximum Gasteiger partial charge on any atom is 0.281 e. The number of ether oxygens (including phenoxy) is 1. The lowest BCUT2D eigenvalue weighted by atomic mass is 9.92. The average Bonchev–Trinajstić information content (AvgIpc) is 3.33. The SMILES string of the molecule is CC1(CCOc2ccn(-c3ccc4c(n3)N3CC(CCCCc5cccc(n5)S(=O)(=O)NC4=O)CC3(C)C)n2)CC1. The molecule has 1 N–H and O–H groups in total. The first-order valence-electron chi connectivity index (χ1n) is 14.5. The molecule has 0 spiro atoms. The summed E-state index contributed by atoms with van der Waals surface area (Å²) in [5, 5.41) is 4.41. The summed E-state index contributed by atoms with van der Waals surface area (Å²) in [4.78, 5) is 25.0. The number of fused-ring (bicyclic) bond motifs is 6. The van der Waals surface area contributed by atoms with Crippen molar-refractivity contribution < 1.29 is 17.9 Å². The van der Waals surface area contributed by atoms with Gasteiger partial charge in [-0.2, -0.15) is 8.42 Å². The van der Waals surface area contributed by atoms with Crippen LogP contribution in [-0.2, 0) is 16.4 Å². The van der Waals surface area contributed by atoms with Gasteiger partial charge in [-0.05, 0) is 94.4 Å². The van der Waals surface area contributed by atoms with Crippen LogP contribution < -0.4 is 14.4 Å². The minimum atomic E-state index is -4.18. The van der Waals surface area contributed by atoms with E-state index in [4.69, 9.17) is 9.72 Å². The summed E-state index contributed by atoms with van der Waals surface area (Å²) in [5.41, 5.74) is 1.03. The fourth-order valence-corrected chi connectivity index (χ4v) is 6.95. The third kappa shape index (κ3) is 5.95. The predicted molar refractivity (Wildman–Crippen MR) is 155 cm³/mol. The molecule has 4 bridgehead atoms. The topological polar surface area (TPSA) is 119 Å². The number of hydrogen-bond acceptors (Lipinski definition) is 8. The third-order valence-corrected chi connectivity index (χ3v) is 9.99. The lowest BCUT2D eigenvalue weighted by Gasteiger charge is -2.34. The number of nitrogens with zero attached hydrogens (tertiary/aromatic N) is 5. The summed E-state index contributed by atoms with van der Waals surface area (Å²) in [6, 6.07) is 10.0. The summed E-state index contributed by atoms with van der Waals surface area (Å²) < 4.78 is 36.2. The van der Waals surface area contributed by atoms with Gasteiger partial charge in [-0.3, -0.25) is 4.79 Å². The van der Waals surface area contributed by atoms with Gasteiger partial charge in [0.2, 0.25) is 5.88 Å². The summed E-state index contributed by atoms with van der Waals surface area (Å²) in [6.07, 6.45) is 9.89. The molecule has 218 valence electrons. The summed E-state index contributed by atoms with van der Waals surface area (Å²) in [7, 11) is -4.18. The predicted octanol–water partition coefficient (Wildman–Crippen LogP) is 4.68. The standard InChI is InChI=1S/C30H38N6O4S/c1-29(2)19-21-7-4-5-8-22-9-6-10-26(31-22)41(38,39)34-28(37)23-11-12-24(32-27(23)35(29)20-21)36-17-13-25(33-36)40-18-16-30(3)14-15-30/h6,9-13,17,21H,4-5,7-8,14-16,18-20H2,1-3H3,(H,34,37). The van der Waals surface area contributed by atoms with Crippen molar-refractivity contribution in [1.82, 2.24) is 24.5 Å². The second kappa shape index (κ2) is 10.4. The largest absolute Gasteiger partial charge is 0.477 e. The number of carbonyl (C=O) groups excluding carboxylic acids is 1. The Kier molecular flexibility index (Phi) is 7.04. The molecule has 3 aromatic rings. The van der Waals surface area contributed by atoms with Gasteiger partial charge in [0.1, 0.15) is 5.82 Å². The summed E-state index contributed by atoms with van der Waals surface area (Å²) in [5.74, 6) is 1.18. The number of nitrogens with one attached hydrogen (secondary N) is 1. The number of aromatic nitrogens is 4. The van der Waals surface area contributed by atoms with Gasteiger partial charge >= 0.3 is 0 Å². The maximum absolute atomic E-state index is 13.6. The number of amides is 1. The molecule has 0 aromatic carbocycles. The number of hydrogen-bond donors (Lipinski definition) is 1. The van der Waals surface area contributed by atoms with Crippen LogP contribution >= 0.6 is 0 Å². The van der Waals surface area contributed by atoms with Gasteiger partial charge in [0.15, 0.2) is 10.8 Å². The number of rotatable bonds is 5. The molecule has 3 aromatic heterocycles. The quantitative estimate of drug-likeness (QED) is 0.464. The molecule has 41 heavy (non-hydrogen) atoms. The zero-order chi connectivity index (χ0) is 28.8. The highest BCUT2D eigenvalue weighted by Gasteiger charge is 2.41. The fraction of sp³-hybridized carbons (Fsp3) is 0.533. The van der Waals surface area contributed by atoms with E-state index < -0.39 is 15.9 Å². The first-order chi connectivity index (χ1) is 19.5. The van der Waals surface area contributed by atoms with Crippen LogP contribution in [0.5, 0.6) is 5.88 Å². The molecule has 6 rings (SSSR count). The fourth-order valence-electron chi connectivity index (χ4n) is 5.99. The monoisotopic (exact) mass is 578 g/mol. The Labute approximate surface area is 241 Å². The van der Waals surface area contributed by atoms with Crippen molar-refractivity contribution >= 4 is 21.7 Å². The Balaban J connectivity index is 1.34. The van der Waals surface area contributed by atoms with Crippen LogP contribution in [0.1, 0.15) is 81.8 Å². The number of sulfonamides is 1.